The van der Waals surface area contributed by atoms with E-state index in [1.54, 1.807) is 7.11 Å². The lowest BCUT2D eigenvalue weighted by Gasteiger charge is -2.06. The molecule has 2 aromatic carbocycles. The highest BCUT2D eigenvalue weighted by molar-refractivity contribution is 5.63. The van der Waals surface area contributed by atoms with E-state index in [9.17, 15) is 0 Å². The largest absolute Gasteiger partial charge is 0.497 e. The fraction of sp³-hybridized carbons (Fsp3) is 0.250. The third-order valence-corrected chi connectivity index (χ3v) is 4.91. The van der Waals surface area contributed by atoms with Crippen molar-refractivity contribution in [3.05, 3.63) is 78.1 Å². The lowest BCUT2D eigenvalue weighted by Crippen LogP contribution is -2.11. The summed E-state index contributed by atoms with van der Waals surface area (Å²) in [6.07, 6.45) is 1.66. The van der Waals surface area contributed by atoms with Crippen molar-refractivity contribution in [1.82, 2.24) is 19.9 Å². The number of aromatic nitrogens is 3. The van der Waals surface area contributed by atoms with Crippen LogP contribution in [0.3, 0.4) is 0 Å². The SMILES string of the molecule is CNCCCOc1ccc(Cc2nc3cccc(-c4ccc(OC)cc4)n3n2)cc1. The van der Waals surface area contributed by atoms with E-state index in [1.807, 2.05) is 66.2 Å². The second kappa shape index (κ2) is 9.41. The van der Waals surface area contributed by atoms with Gasteiger partial charge in [-0.05, 0) is 74.1 Å². The molecule has 0 saturated heterocycles. The van der Waals surface area contributed by atoms with Crippen molar-refractivity contribution in [1.29, 1.82) is 0 Å². The van der Waals surface area contributed by atoms with Crippen LogP contribution in [0.1, 0.15) is 17.8 Å². The molecule has 0 saturated carbocycles. The molecule has 4 aromatic rings. The average Bonchev–Trinajstić information content (AvgIpc) is 3.20. The Morgan fingerprint density at radius 1 is 0.933 bits per heavy atom. The summed E-state index contributed by atoms with van der Waals surface area (Å²) in [5, 5.41) is 7.87. The van der Waals surface area contributed by atoms with Gasteiger partial charge >= 0.3 is 0 Å². The zero-order valence-corrected chi connectivity index (χ0v) is 17.3. The molecule has 0 spiro atoms. The second-order valence-electron chi connectivity index (χ2n) is 7.06. The minimum Gasteiger partial charge on any atom is -0.497 e. The van der Waals surface area contributed by atoms with E-state index in [-0.39, 0.29) is 0 Å². The van der Waals surface area contributed by atoms with Crippen LogP contribution < -0.4 is 14.8 Å². The van der Waals surface area contributed by atoms with Crippen LogP contribution in [-0.2, 0) is 6.42 Å². The predicted octanol–water partition coefficient (Wildman–Crippen LogP) is 3.98. The molecule has 0 atom stereocenters. The third-order valence-electron chi connectivity index (χ3n) is 4.91. The fourth-order valence-corrected chi connectivity index (χ4v) is 3.33. The third kappa shape index (κ3) is 4.60. The van der Waals surface area contributed by atoms with Crippen LogP contribution >= 0.6 is 0 Å². The highest BCUT2D eigenvalue weighted by Crippen LogP contribution is 2.23. The Kier molecular flexibility index (Phi) is 6.25. The first-order chi connectivity index (χ1) is 14.8. The van der Waals surface area contributed by atoms with Gasteiger partial charge in [0, 0.05) is 12.0 Å². The van der Waals surface area contributed by atoms with E-state index in [1.165, 1.54) is 0 Å². The normalized spacial score (nSPS) is 11.0. The van der Waals surface area contributed by atoms with Crippen molar-refractivity contribution in [2.75, 3.05) is 27.3 Å². The standard InChI is InChI=1S/C24H26N4O2/c1-25-15-4-16-30-21-11-7-18(8-12-21)17-23-26-24-6-3-5-22(28(24)27-23)19-9-13-20(29-2)14-10-19/h3,5-14,25H,4,15-17H2,1-2H3. The predicted molar refractivity (Wildman–Crippen MR) is 118 cm³/mol. The molecule has 0 aliphatic carbocycles. The zero-order valence-electron chi connectivity index (χ0n) is 17.3. The molecule has 0 radical (unpaired) electrons. The number of rotatable bonds is 9. The van der Waals surface area contributed by atoms with Gasteiger partial charge in [-0.25, -0.2) is 9.50 Å². The first kappa shape index (κ1) is 19.9. The first-order valence-corrected chi connectivity index (χ1v) is 10.1. The molecule has 0 fully saturated rings. The molecule has 0 unspecified atom stereocenters. The molecular formula is C24H26N4O2. The lowest BCUT2D eigenvalue weighted by atomic mass is 10.1. The molecule has 0 amide bonds. The number of fused-ring (bicyclic) bond motifs is 1. The van der Waals surface area contributed by atoms with Crippen molar-refractivity contribution in [3.8, 4) is 22.8 Å². The van der Waals surface area contributed by atoms with Gasteiger partial charge in [0.2, 0.25) is 0 Å². The smallest absolute Gasteiger partial charge is 0.156 e. The molecule has 6 heteroatoms. The quantitative estimate of drug-likeness (QED) is 0.429. The van der Waals surface area contributed by atoms with Crippen LogP contribution in [0.25, 0.3) is 16.9 Å². The number of nitrogens with zero attached hydrogens (tertiary/aromatic N) is 3. The van der Waals surface area contributed by atoms with Crippen LogP contribution in [0.4, 0.5) is 0 Å². The number of nitrogens with one attached hydrogen (secondary N) is 1. The number of hydrogen-bond donors (Lipinski definition) is 1. The van der Waals surface area contributed by atoms with Gasteiger partial charge in [-0.15, -0.1) is 0 Å². The average molecular weight is 402 g/mol. The summed E-state index contributed by atoms with van der Waals surface area (Å²) >= 11 is 0. The fourth-order valence-electron chi connectivity index (χ4n) is 3.33. The summed E-state index contributed by atoms with van der Waals surface area (Å²) in [6.45, 7) is 1.67. The van der Waals surface area contributed by atoms with E-state index in [4.69, 9.17) is 19.6 Å². The van der Waals surface area contributed by atoms with E-state index in [0.29, 0.717) is 13.0 Å². The molecule has 4 rings (SSSR count). The molecule has 2 heterocycles. The van der Waals surface area contributed by atoms with Crippen LogP contribution in [0.5, 0.6) is 11.5 Å². The monoisotopic (exact) mass is 402 g/mol. The lowest BCUT2D eigenvalue weighted by molar-refractivity contribution is 0.310. The summed E-state index contributed by atoms with van der Waals surface area (Å²) in [5.74, 6) is 2.51. The molecule has 2 aromatic heterocycles. The zero-order chi connectivity index (χ0) is 20.8. The van der Waals surface area contributed by atoms with Crippen molar-refractivity contribution in [2.24, 2.45) is 0 Å². The Morgan fingerprint density at radius 3 is 2.43 bits per heavy atom. The van der Waals surface area contributed by atoms with Crippen LogP contribution in [-0.4, -0.2) is 41.9 Å². The van der Waals surface area contributed by atoms with Gasteiger partial charge in [0.05, 0.1) is 19.4 Å². The maximum Gasteiger partial charge on any atom is 0.156 e. The summed E-state index contributed by atoms with van der Waals surface area (Å²) in [4.78, 5) is 4.71. The van der Waals surface area contributed by atoms with Crippen LogP contribution in [0.15, 0.2) is 66.7 Å². The van der Waals surface area contributed by atoms with Crippen molar-refractivity contribution >= 4 is 5.65 Å². The van der Waals surface area contributed by atoms with Gasteiger partial charge in [-0.3, -0.25) is 0 Å². The van der Waals surface area contributed by atoms with E-state index >= 15 is 0 Å². The second-order valence-corrected chi connectivity index (χ2v) is 7.06. The van der Waals surface area contributed by atoms with Gasteiger partial charge < -0.3 is 14.8 Å². The summed E-state index contributed by atoms with van der Waals surface area (Å²) in [6, 6.07) is 22.2. The summed E-state index contributed by atoms with van der Waals surface area (Å²) in [7, 11) is 3.62. The number of pyridine rings is 1. The first-order valence-electron chi connectivity index (χ1n) is 10.1. The maximum atomic E-state index is 5.76. The molecule has 0 aliphatic heterocycles. The Hall–Kier alpha value is -3.38. The Labute approximate surface area is 176 Å². The molecule has 30 heavy (non-hydrogen) atoms. The maximum absolute atomic E-state index is 5.76. The Morgan fingerprint density at radius 2 is 1.70 bits per heavy atom. The topological polar surface area (TPSA) is 60.7 Å². The van der Waals surface area contributed by atoms with Crippen molar-refractivity contribution < 1.29 is 9.47 Å². The Bertz CT molecular complexity index is 1090. The minimum atomic E-state index is 0.670. The number of ether oxygens (including phenoxy) is 2. The van der Waals surface area contributed by atoms with Gasteiger partial charge in [-0.2, -0.15) is 5.10 Å². The number of hydrogen-bond acceptors (Lipinski definition) is 5. The van der Waals surface area contributed by atoms with E-state index in [0.717, 1.165) is 52.8 Å². The number of methoxy groups -OCH3 is 1. The van der Waals surface area contributed by atoms with Crippen LogP contribution in [0, 0.1) is 0 Å². The molecule has 154 valence electrons. The van der Waals surface area contributed by atoms with E-state index < -0.39 is 0 Å². The van der Waals surface area contributed by atoms with E-state index in [2.05, 4.69) is 17.4 Å². The Balaban J connectivity index is 1.50. The van der Waals surface area contributed by atoms with Crippen molar-refractivity contribution in [2.45, 2.75) is 12.8 Å². The van der Waals surface area contributed by atoms with Gasteiger partial charge in [0.1, 0.15) is 11.5 Å². The highest BCUT2D eigenvalue weighted by Gasteiger charge is 2.10. The summed E-state index contributed by atoms with van der Waals surface area (Å²) in [5.41, 5.74) is 4.05. The van der Waals surface area contributed by atoms with Crippen LogP contribution in [0.2, 0.25) is 0 Å². The highest BCUT2D eigenvalue weighted by atomic mass is 16.5. The molecule has 0 bridgehead atoms. The molecule has 0 aliphatic rings. The number of benzene rings is 2. The van der Waals surface area contributed by atoms with Gasteiger partial charge in [0.15, 0.2) is 11.5 Å². The summed E-state index contributed by atoms with van der Waals surface area (Å²) < 4.78 is 12.9. The molecule has 6 nitrogen and oxygen atoms in total. The minimum absolute atomic E-state index is 0.670. The molecular weight excluding hydrogens is 376 g/mol. The van der Waals surface area contributed by atoms with Gasteiger partial charge in [0.25, 0.3) is 0 Å². The molecule has 1 N–H and O–H groups in total. The van der Waals surface area contributed by atoms with Crippen molar-refractivity contribution in [3.63, 3.8) is 0 Å². The van der Waals surface area contributed by atoms with Gasteiger partial charge in [-0.1, -0.05) is 18.2 Å².